The zero-order valence-electron chi connectivity index (χ0n) is 10.7. The normalized spacial score (nSPS) is 13.2. The molecule has 0 bridgehead atoms. The van der Waals surface area contributed by atoms with Gasteiger partial charge in [-0.25, -0.2) is 0 Å². The van der Waals surface area contributed by atoms with Crippen LogP contribution in [-0.2, 0) is 6.18 Å². The van der Waals surface area contributed by atoms with Crippen LogP contribution in [0, 0.1) is 0 Å². The van der Waals surface area contributed by atoms with Crippen LogP contribution in [0.4, 0.5) is 13.2 Å². The summed E-state index contributed by atoms with van der Waals surface area (Å²) in [5, 5.41) is 3.12. The second-order valence-corrected chi connectivity index (χ2v) is 5.31. The lowest BCUT2D eigenvalue weighted by molar-refractivity contribution is -0.137. The van der Waals surface area contributed by atoms with Crippen LogP contribution in [0.1, 0.15) is 22.7 Å². The molecule has 2 aromatic carbocycles. The molecule has 0 spiro atoms. The van der Waals surface area contributed by atoms with Crippen molar-refractivity contribution in [2.75, 3.05) is 7.05 Å². The van der Waals surface area contributed by atoms with Gasteiger partial charge in [-0.3, -0.25) is 0 Å². The van der Waals surface area contributed by atoms with Gasteiger partial charge < -0.3 is 5.32 Å². The van der Waals surface area contributed by atoms with Gasteiger partial charge in [0.15, 0.2) is 0 Å². The molecule has 106 valence electrons. The van der Waals surface area contributed by atoms with Crippen molar-refractivity contribution in [1.29, 1.82) is 0 Å². The molecule has 1 N–H and O–H groups in total. The van der Waals surface area contributed by atoms with Gasteiger partial charge in [0.05, 0.1) is 11.6 Å². The van der Waals surface area contributed by atoms with E-state index in [2.05, 4.69) is 21.2 Å². The SMILES string of the molecule is CNC(c1ccc(Br)cc1)c1ccc(C(F)(F)F)cc1. The van der Waals surface area contributed by atoms with Crippen LogP contribution in [-0.4, -0.2) is 7.05 Å². The Kier molecular flexibility index (Phi) is 4.50. The van der Waals surface area contributed by atoms with Crippen molar-refractivity contribution in [3.8, 4) is 0 Å². The van der Waals surface area contributed by atoms with Crippen molar-refractivity contribution in [3.63, 3.8) is 0 Å². The van der Waals surface area contributed by atoms with Crippen LogP contribution < -0.4 is 5.32 Å². The molecule has 0 aliphatic rings. The van der Waals surface area contributed by atoms with E-state index in [1.807, 2.05) is 24.3 Å². The topological polar surface area (TPSA) is 12.0 Å². The maximum absolute atomic E-state index is 12.5. The molecular formula is C15H13BrF3N. The van der Waals surface area contributed by atoms with Gasteiger partial charge in [-0.1, -0.05) is 40.2 Å². The van der Waals surface area contributed by atoms with Crippen LogP contribution in [0.25, 0.3) is 0 Å². The minimum Gasteiger partial charge on any atom is -0.309 e. The molecule has 1 atom stereocenters. The Morgan fingerprint density at radius 2 is 1.35 bits per heavy atom. The molecule has 1 unspecified atom stereocenters. The highest BCUT2D eigenvalue weighted by molar-refractivity contribution is 9.10. The van der Waals surface area contributed by atoms with Gasteiger partial charge in [-0.15, -0.1) is 0 Å². The molecule has 0 saturated heterocycles. The van der Waals surface area contributed by atoms with Crippen LogP contribution in [0.3, 0.4) is 0 Å². The Labute approximate surface area is 123 Å². The Bertz CT molecular complexity index is 561. The van der Waals surface area contributed by atoms with E-state index in [0.717, 1.165) is 27.7 Å². The largest absolute Gasteiger partial charge is 0.416 e. The van der Waals surface area contributed by atoms with Crippen molar-refractivity contribution in [2.24, 2.45) is 0 Å². The van der Waals surface area contributed by atoms with Crippen LogP contribution in [0.15, 0.2) is 53.0 Å². The van der Waals surface area contributed by atoms with E-state index < -0.39 is 11.7 Å². The smallest absolute Gasteiger partial charge is 0.309 e. The lowest BCUT2D eigenvalue weighted by Crippen LogP contribution is -2.17. The van der Waals surface area contributed by atoms with Crippen molar-refractivity contribution >= 4 is 15.9 Å². The Morgan fingerprint density at radius 3 is 1.75 bits per heavy atom. The molecule has 0 aromatic heterocycles. The summed E-state index contributed by atoms with van der Waals surface area (Å²) in [5.74, 6) is 0. The first kappa shape index (κ1) is 15.1. The van der Waals surface area contributed by atoms with E-state index in [-0.39, 0.29) is 6.04 Å². The minimum atomic E-state index is -4.30. The predicted molar refractivity (Wildman–Crippen MR) is 76.5 cm³/mol. The first-order valence-electron chi connectivity index (χ1n) is 6.01. The quantitative estimate of drug-likeness (QED) is 0.845. The van der Waals surface area contributed by atoms with Crippen molar-refractivity contribution in [3.05, 3.63) is 69.7 Å². The molecule has 0 amide bonds. The molecule has 5 heteroatoms. The number of hydrogen-bond acceptors (Lipinski definition) is 1. The third-order valence-corrected chi connectivity index (χ3v) is 3.59. The highest BCUT2D eigenvalue weighted by atomic mass is 79.9. The number of hydrogen-bond donors (Lipinski definition) is 1. The summed E-state index contributed by atoms with van der Waals surface area (Å²) in [6, 6.07) is 12.8. The van der Waals surface area contributed by atoms with E-state index in [9.17, 15) is 13.2 Å². The summed E-state index contributed by atoms with van der Waals surface area (Å²) in [4.78, 5) is 0. The van der Waals surface area contributed by atoms with Crippen molar-refractivity contribution in [2.45, 2.75) is 12.2 Å². The Hall–Kier alpha value is -1.33. The first-order chi connectivity index (χ1) is 9.41. The number of alkyl halides is 3. The van der Waals surface area contributed by atoms with Gasteiger partial charge in [-0.05, 0) is 42.4 Å². The average molecular weight is 344 g/mol. The number of nitrogens with one attached hydrogen (secondary N) is 1. The lowest BCUT2D eigenvalue weighted by atomic mass is 9.98. The number of halogens is 4. The fourth-order valence-corrected chi connectivity index (χ4v) is 2.31. The second kappa shape index (κ2) is 5.97. The molecule has 0 saturated carbocycles. The van der Waals surface area contributed by atoms with Gasteiger partial charge in [0.25, 0.3) is 0 Å². The van der Waals surface area contributed by atoms with Gasteiger partial charge in [0.2, 0.25) is 0 Å². The predicted octanol–water partition coefficient (Wildman–Crippen LogP) is 4.78. The highest BCUT2D eigenvalue weighted by Crippen LogP contribution is 2.31. The third kappa shape index (κ3) is 3.41. The minimum absolute atomic E-state index is 0.134. The molecule has 20 heavy (non-hydrogen) atoms. The maximum atomic E-state index is 12.5. The fourth-order valence-electron chi connectivity index (χ4n) is 2.05. The molecule has 1 nitrogen and oxygen atoms in total. The number of benzene rings is 2. The Morgan fingerprint density at radius 1 is 0.900 bits per heavy atom. The molecule has 0 radical (unpaired) electrons. The van der Waals surface area contributed by atoms with E-state index in [1.54, 1.807) is 7.05 Å². The average Bonchev–Trinajstić information content (AvgIpc) is 2.41. The van der Waals surface area contributed by atoms with Crippen LogP contribution in [0.2, 0.25) is 0 Å². The zero-order chi connectivity index (χ0) is 14.8. The van der Waals surface area contributed by atoms with Gasteiger partial charge in [0.1, 0.15) is 0 Å². The first-order valence-corrected chi connectivity index (χ1v) is 6.81. The molecule has 2 rings (SSSR count). The van der Waals surface area contributed by atoms with Crippen molar-refractivity contribution in [1.82, 2.24) is 5.32 Å². The highest BCUT2D eigenvalue weighted by Gasteiger charge is 2.30. The summed E-state index contributed by atoms with van der Waals surface area (Å²) >= 11 is 3.36. The lowest BCUT2D eigenvalue weighted by Gasteiger charge is -2.18. The van der Waals surface area contributed by atoms with E-state index in [1.165, 1.54) is 12.1 Å². The summed E-state index contributed by atoms with van der Waals surface area (Å²) in [6.07, 6.45) is -4.30. The van der Waals surface area contributed by atoms with E-state index in [4.69, 9.17) is 0 Å². The summed E-state index contributed by atoms with van der Waals surface area (Å²) < 4.78 is 38.6. The van der Waals surface area contributed by atoms with Gasteiger partial charge in [0, 0.05) is 4.47 Å². The van der Waals surface area contributed by atoms with Gasteiger partial charge in [-0.2, -0.15) is 13.2 Å². The van der Waals surface area contributed by atoms with Crippen LogP contribution in [0.5, 0.6) is 0 Å². The molecule has 0 aliphatic carbocycles. The zero-order valence-corrected chi connectivity index (χ0v) is 12.3. The van der Waals surface area contributed by atoms with E-state index >= 15 is 0 Å². The fraction of sp³-hybridized carbons (Fsp3) is 0.200. The summed E-state index contributed by atoms with van der Waals surface area (Å²) in [5.41, 5.74) is 1.16. The molecular weight excluding hydrogens is 331 g/mol. The van der Waals surface area contributed by atoms with Crippen molar-refractivity contribution < 1.29 is 13.2 Å². The summed E-state index contributed by atoms with van der Waals surface area (Å²) in [7, 11) is 1.78. The molecule has 0 fully saturated rings. The van der Waals surface area contributed by atoms with E-state index in [0.29, 0.717) is 0 Å². The maximum Gasteiger partial charge on any atom is 0.416 e. The number of rotatable bonds is 3. The molecule has 0 heterocycles. The summed E-state index contributed by atoms with van der Waals surface area (Å²) in [6.45, 7) is 0. The second-order valence-electron chi connectivity index (χ2n) is 4.39. The monoisotopic (exact) mass is 343 g/mol. The third-order valence-electron chi connectivity index (χ3n) is 3.06. The molecule has 0 aliphatic heterocycles. The van der Waals surface area contributed by atoms with Crippen LogP contribution >= 0.6 is 15.9 Å². The standard InChI is InChI=1S/C15H13BrF3N/c1-20-14(11-4-8-13(16)9-5-11)10-2-6-12(7-3-10)15(17,18)19/h2-9,14,20H,1H3. The van der Waals surface area contributed by atoms with Gasteiger partial charge >= 0.3 is 6.18 Å². The Balaban J connectivity index is 2.30. The molecule has 2 aromatic rings.